The molecule has 3 nitrogen and oxygen atoms in total. The molecule has 7 rings (SSSR count). The van der Waals surface area contributed by atoms with E-state index in [2.05, 4.69) is 54.6 Å². The van der Waals surface area contributed by atoms with Crippen molar-refractivity contribution in [3.05, 3.63) is 164 Å². The molecule has 1 aliphatic rings. The van der Waals surface area contributed by atoms with E-state index < -0.39 is 7.44 Å². The minimum Gasteiger partial charge on any atom is -0.270 e. The number of hydrogen-bond donors (Lipinski definition) is 0. The zero-order valence-corrected chi connectivity index (χ0v) is 22.7. The third kappa shape index (κ3) is 4.04. The number of rotatable bonds is 5. The fraction of sp³-hybridized carbons (Fsp3) is 0. The Hall–Kier alpha value is -4.85. The average molecular weight is 535 g/mol. The van der Waals surface area contributed by atoms with Crippen LogP contribution in [-0.4, -0.2) is 0 Å². The predicted molar refractivity (Wildman–Crippen MR) is 168 cm³/mol. The predicted octanol–water partition coefficient (Wildman–Crippen LogP) is 9.83. The van der Waals surface area contributed by atoms with Gasteiger partial charge in [-0.25, -0.2) is 0 Å². The standard InChI is InChI=1S/C36H27N2OP/c39-40(34-26-30(28-15-5-1-6-16-28)25-31(27-34)29-17-7-2-8-18-29)37(32-19-9-3-10-20-32)35-23-13-14-24-36(35)38(40)33-21-11-4-12-22-33/h1-27H. The molecular weight excluding hydrogens is 507 g/mol. The molecule has 0 amide bonds. The van der Waals surface area contributed by atoms with Crippen molar-refractivity contribution in [2.45, 2.75) is 0 Å². The molecule has 6 aromatic rings. The van der Waals surface area contributed by atoms with Crippen molar-refractivity contribution in [2.75, 3.05) is 9.34 Å². The van der Waals surface area contributed by atoms with Gasteiger partial charge in [-0.2, -0.15) is 0 Å². The molecular formula is C36H27N2OP. The molecule has 1 heterocycles. The normalized spacial score (nSPS) is 13.7. The van der Waals surface area contributed by atoms with Gasteiger partial charge in [-0.05, 0) is 76.9 Å². The molecule has 40 heavy (non-hydrogen) atoms. The first-order valence-electron chi connectivity index (χ1n) is 13.4. The first-order valence-corrected chi connectivity index (χ1v) is 15.0. The molecule has 0 bridgehead atoms. The van der Waals surface area contributed by atoms with Gasteiger partial charge in [0.2, 0.25) is 0 Å². The van der Waals surface area contributed by atoms with Crippen molar-refractivity contribution < 1.29 is 4.57 Å². The Balaban J connectivity index is 1.55. The van der Waals surface area contributed by atoms with Crippen LogP contribution in [-0.2, 0) is 4.57 Å². The van der Waals surface area contributed by atoms with Gasteiger partial charge < -0.3 is 0 Å². The molecule has 0 saturated carbocycles. The Kier molecular flexibility index (Phi) is 6.07. The van der Waals surface area contributed by atoms with Crippen molar-refractivity contribution >= 4 is 35.5 Å². The van der Waals surface area contributed by atoms with Crippen molar-refractivity contribution in [1.29, 1.82) is 0 Å². The minimum absolute atomic E-state index is 0.775. The van der Waals surface area contributed by atoms with Gasteiger partial charge in [0.25, 0.3) is 0 Å². The second-order valence-corrected chi connectivity index (χ2v) is 12.2. The molecule has 0 N–H and O–H groups in total. The first kappa shape index (κ1) is 24.2. The van der Waals surface area contributed by atoms with E-state index >= 15 is 4.57 Å². The Bertz CT molecular complexity index is 1700. The molecule has 1 aliphatic heterocycles. The number of benzene rings is 6. The third-order valence-electron chi connectivity index (χ3n) is 7.35. The lowest BCUT2D eigenvalue weighted by atomic mass is 9.99. The van der Waals surface area contributed by atoms with E-state index in [0.29, 0.717) is 0 Å². The summed E-state index contributed by atoms with van der Waals surface area (Å²) in [6, 6.07) is 55.4. The van der Waals surface area contributed by atoms with Crippen LogP contribution in [0.4, 0.5) is 22.7 Å². The smallest absolute Gasteiger partial charge is 0.270 e. The van der Waals surface area contributed by atoms with Gasteiger partial charge in [0, 0.05) is 11.4 Å². The molecule has 4 heteroatoms. The number of para-hydroxylation sites is 4. The lowest BCUT2D eigenvalue weighted by Gasteiger charge is -2.33. The van der Waals surface area contributed by atoms with Crippen LogP contribution in [0.1, 0.15) is 0 Å². The molecule has 0 atom stereocenters. The van der Waals surface area contributed by atoms with E-state index in [9.17, 15) is 0 Å². The van der Waals surface area contributed by atoms with Crippen molar-refractivity contribution in [1.82, 2.24) is 0 Å². The molecule has 0 spiro atoms. The fourth-order valence-corrected chi connectivity index (χ4v) is 8.61. The van der Waals surface area contributed by atoms with Crippen molar-refractivity contribution in [3.63, 3.8) is 0 Å². The summed E-state index contributed by atoms with van der Waals surface area (Å²) in [4.78, 5) is 0. The van der Waals surface area contributed by atoms with Crippen LogP contribution in [0.3, 0.4) is 0 Å². The maximum atomic E-state index is 16.2. The highest BCUT2D eigenvalue weighted by Crippen LogP contribution is 2.70. The van der Waals surface area contributed by atoms with Crippen molar-refractivity contribution in [2.24, 2.45) is 0 Å². The monoisotopic (exact) mass is 534 g/mol. The van der Waals surface area contributed by atoms with Crippen LogP contribution < -0.4 is 14.6 Å². The van der Waals surface area contributed by atoms with Crippen LogP contribution in [0, 0.1) is 0 Å². The Morgan fingerprint density at radius 2 is 0.725 bits per heavy atom. The molecule has 0 unspecified atom stereocenters. The maximum absolute atomic E-state index is 16.2. The molecule has 6 aromatic carbocycles. The largest absolute Gasteiger partial charge is 0.301 e. The minimum atomic E-state index is -3.50. The lowest BCUT2D eigenvalue weighted by Crippen LogP contribution is -2.26. The van der Waals surface area contributed by atoms with Crippen LogP contribution in [0.2, 0.25) is 0 Å². The third-order valence-corrected chi connectivity index (χ3v) is 10.3. The van der Waals surface area contributed by atoms with Gasteiger partial charge in [0.05, 0.1) is 16.7 Å². The Labute approximate surface area is 235 Å². The number of anilines is 4. The summed E-state index contributed by atoms with van der Waals surface area (Å²) in [7, 11) is -3.50. The van der Waals surface area contributed by atoms with Crippen LogP contribution >= 0.6 is 7.44 Å². The van der Waals surface area contributed by atoms with Gasteiger partial charge in [-0.1, -0.05) is 109 Å². The van der Waals surface area contributed by atoms with Gasteiger partial charge in [-0.3, -0.25) is 13.9 Å². The summed E-state index contributed by atoms with van der Waals surface area (Å²) in [5, 5.41) is 0.775. The van der Waals surface area contributed by atoms with Gasteiger partial charge in [0.1, 0.15) is 0 Å². The number of nitrogens with zero attached hydrogens (tertiary/aromatic N) is 2. The molecule has 0 saturated heterocycles. The zero-order valence-electron chi connectivity index (χ0n) is 21.8. The number of hydrogen-bond acceptors (Lipinski definition) is 1. The summed E-state index contributed by atoms with van der Waals surface area (Å²) in [5.74, 6) is 0. The summed E-state index contributed by atoms with van der Waals surface area (Å²) < 4.78 is 20.3. The van der Waals surface area contributed by atoms with Crippen LogP contribution in [0.15, 0.2) is 164 Å². The second-order valence-electron chi connectivity index (χ2n) is 9.83. The van der Waals surface area contributed by atoms with Gasteiger partial charge in [-0.15, -0.1) is 0 Å². The highest BCUT2D eigenvalue weighted by atomic mass is 31.2. The molecule has 0 radical (unpaired) electrons. The van der Waals surface area contributed by atoms with E-state index in [0.717, 1.165) is 50.3 Å². The second kappa shape index (κ2) is 10.0. The Morgan fingerprint density at radius 3 is 1.12 bits per heavy atom. The average Bonchev–Trinajstić information content (AvgIpc) is 3.31. The molecule has 0 aliphatic carbocycles. The lowest BCUT2D eigenvalue weighted by molar-refractivity contribution is 0.582. The van der Waals surface area contributed by atoms with E-state index in [1.807, 2.05) is 119 Å². The van der Waals surface area contributed by atoms with Crippen LogP contribution in [0.5, 0.6) is 0 Å². The molecule has 0 fully saturated rings. The summed E-state index contributed by atoms with van der Waals surface area (Å²) in [6.45, 7) is 0. The first-order chi connectivity index (χ1) is 19.7. The maximum Gasteiger partial charge on any atom is 0.301 e. The Morgan fingerprint density at radius 1 is 0.375 bits per heavy atom. The van der Waals surface area contributed by atoms with E-state index in [1.54, 1.807) is 0 Å². The van der Waals surface area contributed by atoms with Crippen LogP contribution in [0.25, 0.3) is 22.3 Å². The summed E-state index contributed by atoms with van der Waals surface area (Å²) in [6.07, 6.45) is 0. The fourth-order valence-electron chi connectivity index (χ4n) is 5.54. The highest BCUT2D eigenvalue weighted by molar-refractivity contribution is 7.76. The summed E-state index contributed by atoms with van der Waals surface area (Å²) >= 11 is 0. The highest BCUT2D eigenvalue weighted by Gasteiger charge is 2.49. The zero-order chi connectivity index (χ0) is 26.9. The van der Waals surface area contributed by atoms with E-state index in [1.165, 1.54) is 0 Å². The van der Waals surface area contributed by atoms with E-state index in [-0.39, 0.29) is 0 Å². The quantitative estimate of drug-likeness (QED) is 0.206. The summed E-state index contributed by atoms with van der Waals surface area (Å²) in [5.41, 5.74) is 7.86. The van der Waals surface area contributed by atoms with Gasteiger partial charge in [0.15, 0.2) is 0 Å². The molecule has 0 aromatic heterocycles. The van der Waals surface area contributed by atoms with Crippen molar-refractivity contribution in [3.8, 4) is 22.3 Å². The SMILES string of the molecule is O=P1(c2cc(-c3ccccc3)cc(-c3ccccc3)c2)N(c2ccccc2)c2ccccc2N1c1ccccc1. The molecule has 192 valence electrons. The van der Waals surface area contributed by atoms with E-state index in [4.69, 9.17) is 0 Å². The topological polar surface area (TPSA) is 23.6 Å². The van der Waals surface area contributed by atoms with Gasteiger partial charge >= 0.3 is 7.44 Å². The number of fused-ring (bicyclic) bond motifs is 1.